The molecule has 1 spiro atoms. The minimum Gasteiger partial charge on any atom is -0.481 e. The molecule has 1 aromatic carbocycles. The number of Topliss-reactive ketones (excluding diaryl/α,β-unsaturated/α-hetero) is 1. The van der Waals surface area contributed by atoms with Crippen LogP contribution in [0.5, 0.6) is 5.75 Å². The zero-order valence-corrected chi connectivity index (χ0v) is 12.8. The number of nitrogens with zero attached hydrogens (tertiary/aromatic N) is 1. The van der Waals surface area contributed by atoms with E-state index < -0.39 is 0 Å². The summed E-state index contributed by atoms with van der Waals surface area (Å²) in [4.78, 5) is 15.1. The number of hydrogen-bond donors (Lipinski definition) is 1. The highest BCUT2D eigenvalue weighted by molar-refractivity contribution is 5.89. The van der Waals surface area contributed by atoms with Gasteiger partial charge in [-0.05, 0) is 44.3 Å². The number of aliphatic hydroxyl groups excluding tert-OH is 1. The van der Waals surface area contributed by atoms with Crippen molar-refractivity contribution >= 4 is 5.78 Å². The molecular weight excluding hydrogens is 278 g/mol. The molecule has 0 aromatic heterocycles. The molecule has 2 bridgehead atoms. The van der Waals surface area contributed by atoms with Gasteiger partial charge in [0.1, 0.15) is 5.75 Å². The van der Waals surface area contributed by atoms with Gasteiger partial charge in [0.2, 0.25) is 0 Å². The number of aliphatic hydroxyl groups is 1. The third kappa shape index (κ3) is 1.30. The average Bonchev–Trinajstić information content (AvgIpc) is 2.88. The van der Waals surface area contributed by atoms with Crippen LogP contribution in [0.4, 0.5) is 0 Å². The van der Waals surface area contributed by atoms with Crippen LogP contribution >= 0.6 is 0 Å². The Kier molecular flexibility index (Phi) is 2.45. The van der Waals surface area contributed by atoms with Crippen LogP contribution in [-0.2, 0) is 23.2 Å². The van der Waals surface area contributed by atoms with Gasteiger partial charge in [-0.2, -0.15) is 0 Å². The van der Waals surface area contributed by atoms with Gasteiger partial charge in [-0.1, -0.05) is 12.1 Å². The molecule has 22 heavy (non-hydrogen) atoms. The predicted molar refractivity (Wildman–Crippen MR) is 80.9 cm³/mol. The molecule has 2 aliphatic heterocycles. The van der Waals surface area contributed by atoms with Crippen molar-refractivity contribution in [1.29, 1.82) is 0 Å². The Morgan fingerprint density at radius 2 is 2.32 bits per heavy atom. The summed E-state index contributed by atoms with van der Waals surface area (Å²) in [5.41, 5.74) is 3.32. The van der Waals surface area contributed by atoms with Crippen molar-refractivity contribution in [3.05, 3.63) is 28.8 Å². The summed E-state index contributed by atoms with van der Waals surface area (Å²) in [6.45, 7) is 1.00. The Bertz CT molecular complexity index is 685. The number of rotatable bonds is 1. The Labute approximate surface area is 130 Å². The summed E-state index contributed by atoms with van der Waals surface area (Å²) in [6, 6.07) is 4.65. The van der Waals surface area contributed by atoms with Crippen molar-refractivity contribution in [3.63, 3.8) is 0 Å². The maximum Gasteiger partial charge on any atom is 0.174 e. The molecule has 5 rings (SSSR count). The molecule has 2 aliphatic carbocycles. The normalized spacial score (nSPS) is 38.6. The highest BCUT2D eigenvalue weighted by atomic mass is 16.5. The molecule has 4 heteroatoms. The first-order chi connectivity index (χ1) is 10.7. The van der Waals surface area contributed by atoms with E-state index in [-0.39, 0.29) is 23.9 Å². The minimum atomic E-state index is -0.316. The largest absolute Gasteiger partial charge is 0.481 e. The molecule has 0 radical (unpaired) electrons. The maximum absolute atomic E-state index is 12.6. The number of benzene rings is 1. The molecule has 2 heterocycles. The highest BCUT2D eigenvalue weighted by Crippen LogP contribution is 2.61. The summed E-state index contributed by atoms with van der Waals surface area (Å²) < 4.78 is 6.22. The van der Waals surface area contributed by atoms with Crippen LogP contribution in [0, 0.1) is 5.92 Å². The first-order valence-electron chi connectivity index (χ1n) is 8.32. The molecule has 2 unspecified atom stereocenters. The van der Waals surface area contributed by atoms with E-state index in [0.717, 1.165) is 37.1 Å². The molecule has 4 aliphatic rings. The van der Waals surface area contributed by atoms with Crippen molar-refractivity contribution in [1.82, 2.24) is 4.90 Å². The molecule has 2 fully saturated rings. The van der Waals surface area contributed by atoms with Crippen LogP contribution in [0.25, 0.3) is 0 Å². The fraction of sp³-hybridized carbons (Fsp3) is 0.611. The fourth-order valence-electron chi connectivity index (χ4n) is 5.71. The van der Waals surface area contributed by atoms with Gasteiger partial charge in [-0.3, -0.25) is 4.79 Å². The number of piperidine rings is 1. The lowest BCUT2D eigenvalue weighted by atomic mass is 9.51. The predicted octanol–water partition coefficient (Wildman–Crippen LogP) is 1.42. The maximum atomic E-state index is 12.6. The number of likely N-dealkylation sites (N-methyl/N-ethyl adjacent to an activating group) is 1. The zero-order chi connectivity index (χ0) is 15.1. The molecule has 1 N–H and O–H groups in total. The van der Waals surface area contributed by atoms with E-state index in [1.807, 2.05) is 6.07 Å². The third-order valence-corrected chi connectivity index (χ3v) is 6.66. The third-order valence-electron chi connectivity index (χ3n) is 6.66. The molecule has 4 nitrogen and oxygen atoms in total. The van der Waals surface area contributed by atoms with Gasteiger partial charge in [0.05, 0.1) is 6.61 Å². The van der Waals surface area contributed by atoms with Crippen molar-refractivity contribution < 1.29 is 14.6 Å². The van der Waals surface area contributed by atoms with Crippen LogP contribution in [0.2, 0.25) is 0 Å². The smallest absolute Gasteiger partial charge is 0.174 e. The summed E-state index contributed by atoms with van der Waals surface area (Å²) >= 11 is 0. The molecule has 4 atom stereocenters. The summed E-state index contributed by atoms with van der Waals surface area (Å²) in [5.74, 6) is 1.59. The molecule has 116 valence electrons. The second-order valence-electron chi connectivity index (χ2n) is 7.40. The highest BCUT2D eigenvalue weighted by Gasteiger charge is 2.65. The van der Waals surface area contributed by atoms with E-state index in [2.05, 4.69) is 18.0 Å². The fourth-order valence-corrected chi connectivity index (χ4v) is 5.71. The Morgan fingerprint density at radius 1 is 1.45 bits per heavy atom. The van der Waals surface area contributed by atoms with Gasteiger partial charge in [0.15, 0.2) is 11.9 Å². The van der Waals surface area contributed by atoms with E-state index in [0.29, 0.717) is 18.4 Å². The Morgan fingerprint density at radius 3 is 3.14 bits per heavy atom. The topological polar surface area (TPSA) is 49.8 Å². The van der Waals surface area contributed by atoms with Crippen molar-refractivity contribution in [2.24, 2.45) is 5.92 Å². The van der Waals surface area contributed by atoms with E-state index in [1.165, 1.54) is 11.1 Å². The van der Waals surface area contributed by atoms with E-state index in [1.54, 1.807) is 0 Å². The van der Waals surface area contributed by atoms with Crippen LogP contribution in [0.1, 0.15) is 36.0 Å². The Balaban J connectivity index is 1.81. The molecule has 1 saturated heterocycles. The number of carbonyl (C=O) groups is 1. The molecule has 1 saturated carbocycles. The van der Waals surface area contributed by atoms with Gasteiger partial charge in [-0.25, -0.2) is 0 Å². The lowest BCUT2D eigenvalue weighted by Crippen LogP contribution is -2.65. The Hall–Kier alpha value is -1.39. The van der Waals surface area contributed by atoms with E-state index in [9.17, 15) is 9.90 Å². The van der Waals surface area contributed by atoms with Gasteiger partial charge < -0.3 is 14.7 Å². The summed E-state index contributed by atoms with van der Waals surface area (Å²) in [6.07, 6.45) is 3.34. The molecule has 1 aromatic rings. The number of ether oxygens (including phenoxy) is 1. The van der Waals surface area contributed by atoms with Crippen LogP contribution in [-0.4, -0.2) is 41.5 Å². The SMILES string of the molecule is CN1CC[C@]23c4c5ccc(CO)c4OC2C(=O)CCC3[C@H]1C5. The second-order valence-corrected chi connectivity index (χ2v) is 7.40. The number of carbonyl (C=O) groups excluding carboxylic acids is 1. The monoisotopic (exact) mass is 299 g/mol. The first-order valence-corrected chi connectivity index (χ1v) is 8.32. The van der Waals surface area contributed by atoms with Crippen molar-refractivity contribution in [3.8, 4) is 5.75 Å². The van der Waals surface area contributed by atoms with Crippen molar-refractivity contribution in [2.75, 3.05) is 13.6 Å². The lowest BCUT2D eigenvalue weighted by Gasteiger charge is -2.57. The number of ketones is 1. The molecular formula is C18H21NO3. The summed E-state index contributed by atoms with van der Waals surface area (Å²) in [5, 5.41) is 9.67. The quantitative estimate of drug-likeness (QED) is 0.852. The van der Waals surface area contributed by atoms with Crippen LogP contribution in [0.3, 0.4) is 0 Å². The van der Waals surface area contributed by atoms with Crippen LogP contribution < -0.4 is 4.74 Å². The van der Waals surface area contributed by atoms with Crippen molar-refractivity contribution in [2.45, 2.75) is 49.9 Å². The number of likely N-dealkylation sites (tertiary alicyclic amines) is 1. The minimum absolute atomic E-state index is 0.0202. The van der Waals surface area contributed by atoms with Gasteiger partial charge in [0.25, 0.3) is 0 Å². The van der Waals surface area contributed by atoms with E-state index >= 15 is 0 Å². The average molecular weight is 299 g/mol. The van der Waals surface area contributed by atoms with Crippen LogP contribution in [0.15, 0.2) is 12.1 Å². The first kappa shape index (κ1) is 13.1. The zero-order valence-electron chi connectivity index (χ0n) is 12.8. The summed E-state index contributed by atoms with van der Waals surface area (Å²) in [7, 11) is 2.22. The second kappa shape index (κ2) is 4.12. The van der Waals surface area contributed by atoms with E-state index in [4.69, 9.17) is 4.74 Å². The van der Waals surface area contributed by atoms with Gasteiger partial charge in [-0.15, -0.1) is 0 Å². The molecule has 0 amide bonds. The number of hydrogen-bond acceptors (Lipinski definition) is 4. The van der Waals surface area contributed by atoms with Gasteiger partial charge in [0, 0.05) is 29.0 Å². The van der Waals surface area contributed by atoms with Gasteiger partial charge >= 0.3 is 0 Å². The standard InChI is InChI=1S/C18H21NO3/c1-19-7-6-18-12-4-5-14(21)17(18)22-16-11(9-20)3-2-10(15(16)18)8-13(12)19/h2-3,12-13,17,20H,4-9H2,1H3/t12?,13-,17?,18+/m1/s1. The lowest BCUT2D eigenvalue weighted by molar-refractivity contribution is -0.138.